The monoisotopic (exact) mass is 369 g/mol. The zero-order chi connectivity index (χ0) is 18.8. The Bertz CT molecular complexity index is 811. The van der Waals surface area contributed by atoms with E-state index in [0.29, 0.717) is 23.9 Å². The maximum Gasteiger partial charge on any atom is 0.267 e. The zero-order valence-electron chi connectivity index (χ0n) is 14.5. The van der Waals surface area contributed by atoms with Crippen LogP contribution < -0.4 is 15.4 Å². The van der Waals surface area contributed by atoms with Crippen LogP contribution in [-0.2, 0) is 11.2 Å². The van der Waals surface area contributed by atoms with Gasteiger partial charge in [0.05, 0.1) is 6.61 Å². The molecule has 0 radical (unpaired) electrons. The van der Waals surface area contributed by atoms with E-state index < -0.39 is 5.91 Å². The van der Waals surface area contributed by atoms with Crippen molar-refractivity contribution in [2.24, 2.45) is 0 Å². The minimum Gasteiger partial charge on any atom is -0.494 e. The average molecular weight is 370 g/mol. The van der Waals surface area contributed by atoms with E-state index in [1.165, 1.54) is 6.20 Å². The number of rotatable bonds is 8. The molecule has 5 nitrogen and oxygen atoms in total. The Morgan fingerprint density at radius 2 is 2.04 bits per heavy atom. The van der Waals surface area contributed by atoms with Crippen LogP contribution >= 0.6 is 11.6 Å². The highest BCUT2D eigenvalue weighted by Gasteiger charge is 2.09. The van der Waals surface area contributed by atoms with E-state index in [9.17, 15) is 10.1 Å². The minimum atomic E-state index is -0.466. The molecule has 0 bridgehead atoms. The lowest BCUT2D eigenvalue weighted by molar-refractivity contribution is -0.112. The summed E-state index contributed by atoms with van der Waals surface area (Å²) in [5.41, 5.74) is 1.68. The van der Waals surface area contributed by atoms with Crippen molar-refractivity contribution in [3.05, 3.63) is 70.9 Å². The fourth-order valence-electron chi connectivity index (χ4n) is 2.23. The number of carbonyl (C=O) groups is 1. The van der Waals surface area contributed by atoms with Crippen LogP contribution in [0.4, 0.5) is 5.69 Å². The number of nitrogens with one attached hydrogen (secondary N) is 2. The lowest BCUT2D eigenvalue weighted by atomic mass is 10.1. The molecule has 0 saturated heterocycles. The van der Waals surface area contributed by atoms with Crippen LogP contribution in [0.3, 0.4) is 0 Å². The number of amides is 1. The first-order valence-corrected chi connectivity index (χ1v) is 8.62. The molecule has 0 aliphatic carbocycles. The second-order valence-electron chi connectivity index (χ2n) is 5.42. The average Bonchev–Trinajstić information content (AvgIpc) is 2.63. The minimum absolute atomic E-state index is 0.00461. The standard InChI is InChI=1S/C20H20ClN3O2/c1-2-26-19-8-6-18(7-9-19)24-20(25)16(13-22)14-23-11-10-15-4-3-5-17(21)12-15/h3-9,12,14,23H,2,10-11H2,1H3,(H,24,25)/b16-14-. The molecule has 2 N–H and O–H groups in total. The number of benzene rings is 2. The number of halogens is 1. The van der Waals surface area contributed by atoms with Gasteiger partial charge in [0.1, 0.15) is 17.4 Å². The normalized spacial score (nSPS) is 10.7. The Kier molecular flexibility index (Phi) is 7.53. The zero-order valence-corrected chi connectivity index (χ0v) is 15.2. The third kappa shape index (κ3) is 6.15. The fourth-order valence-corrected chi connectivity index (χ4v) is 2.44. The number of anilines is 1. The summed E-state index contributed by atoms with van der Waals surface area (Å²) < 4.78 is 5.35. The Balaban J connectivity index is 1.87. The molecule has 0 spiro atoms. The third-order valence-electron chi connectivity index (χ3n) is 3.48. The van der Waals surface area contributed by atoms with Gasteiger partial charge in [-0.2, -0.15) is 5.26 Å². The fraction of sp³-hybridized carbons (Fsp3) is 0.200. The van der Waals surface area contributed by atoms with Crippen molar-refractivity contribution in [1.82, 2.24) is 5.32 Å². The van der Waals surface area contributed by atoms with Gasteiger partial charge in [-0.3, -0.25) is 4.79 Å². The Morgan fingerprint density at radius 3 is 2.69 bits per heavy atom. The Hall–Kier alpha value is -2.97. The van der Waals surface area contributed by atoms with Gasteiger partial charge in [-0.05, 0) is 55.3 Å². The SMILES string of the molecule is CCOc1ccc(NC(=O)/C(C#N)=C\NCCc2cccc(Cl)c2)cc1. The molecule has 0 fully saturated rings. The summed E-state index contributed by atoms with van der Waals surface area (Å²) in [6, 6.07) is 16.4. The molecule has 134 valence electrons. The quantitative estimate of drug-likeness (QED) is 0.420. The van der Waals surface area contributed by atoms with E-state index in [1.54, 1.807) is 24.3 Å². The summed E-state index contributed by atoms with van der Waals surface area (Å²) in [4.78, 5) is 12.2. The smallest absolute Gasteiger partial charge is 0.267 e. The predicted octanol–water partition coefficient (Wildman–Crippen LogP) is 3.92. The van der Waals surface area contributed by atoms with Crippen LogP contribution in [0.15, 0.2) is 60.3 Å². The maximum absolute atomic E-state index is 12.2. The molecule has 0 heterocycles. The molecule has 2 rings (SSSR count). The van der Waals surface area contributed by atoms with Gasteiger partial charge in [0.25, 0.3) is 5.91 Å². The van der Waals surface area contributed by atoms with E-state index in [0.717, 1.165) is 17.7 Å². The number of hydrogen-bond donors (Lipinski definition) is 2. The third-order valence-corrected chi connectivity index (χ3v) is 3.72. The number of hydrogen-bond acceptors (Lipinski definition) is 4. The van der Waals surface area contributed by atoms with Crippen molar-refractivity contribution in [3.63, 3.8) is 0 Å². The maximum atomic E-state index is 12.2. The molecule has 6 heteroatoms. The summed E-state index contributed by atoms with van der Waals surface area (Å²) in [5, 5.41) is 15.5. The molecule has 2 aromatic carbocycles. The van der Waals surface area contributed by atoms with Gasteiger partial charge in [-0.15, -0.1) is 0 Å². The first kappa shape index (κ1) is 19.4. The van der Waals surface area contributed by atoms with E-state index in [2.05, 4.69) is 10.6 Å². The summed E-state index contributed by atoms with van der Waals surface area (Å²) >= 11 is 5.94. The molecule has 0 atom stereocenters. The molecule has 0 unspecified atom stereocenters. The molecule has 2 aromatic rings. The number of nitriles is 1. The van der Waals surface area contributed by atoms with Crippen LogP contribution in [0.2, 0.25) is 5.02 Å². The van der Waals surface area contributed by atoms with Gasteiger partial charge in [-0.25, -0.2) is 0 Å². The summed E-state index contributed by atoms with van der Waals surface area (Å²) in [6.45, 7) is 3.06. The molecular weight excluding hydrogens is 350 g/mol. The van der Waals surface area contributed by atoms with Gasteiger partial charge in [0, 0.05) is 23.5 Å². The molecule has 1 amide bonds. The molecule has 0 aliphatic rings. The Labute approximate surface area is 158 Å². The van der Waals surface area contributed by atoms with Gasteiger partial charge < -0.3 is 15.4 Å². The van der Waals surface area contributed by atoms with Crippen LogP contribution in [0, 0.1) is 11.3 Å². The molecule has 0 aromatic heterocycles. The lowest BCUT2D eigenvalue weighted by Gasteiger charge is -2.07. The number of carbonyl (C=O) groups excluding carboxylic acids is 1. The molecule has 0 aliphatic heterocycles. The van der Waals surface area contributed by atoms with Crippen LogP contribution in [0.5, 0.6) is 5.75 Å². The van der Waals surface area contributed by atoms with Gasteiger partial charge >= 0.3 is 0 Å². The lowest BCUT2D eigenvalue weighted by Crippen LogP contribution is -2.18. The highest BCUT2D eigenvalue weighted by Crippen LogP contribution is 2.16. The number of nitrogens with zero attached hydrogens (tertiary/aromatic N) is 1. The molecule has 0 saturated carbocycles. The van der Waals surface area contributed by atoms with E-state index in [-0.39, 0.29) is 5.57 Å². The van der Waals surface area contributed by atoms with E-state index in [1.807, 2.05) is 37.3 Å². The summed E-state index contributed by atoms with van der Waals surface area (Å²) in [6.07, 6.45) is 2.16. The first-order chi connectivity index (χ1) is 12.6. The topological polar surface area (TPSA) is 74.1 Å². The largest absolute Gasteiger partial charge is 0.494 e. The van der Waals surface area contributed by atoms with Gasteiger partial charge in [-0.1, -0.05) is 23.7 Å². The first-order valence-electron chi connectivity index (χ1n) is 8.24. The highest BCUT2D eigenvalue weighted by atomic mass is 35.5. The highest BCUT2D eigenvalue weighted by molar-refractivity contribution is 6.30. The van der Waals surface area contributed by atoms with Crippen molar-refractivity contribution >= 4 is 23.2 Å². The number of ether oxygens (including phenoxy) is 1. The van der Waals surface area contributed by atoms with Crippen LogP contribution in [0.25, 0.3) is 0 Å². The van der Waals surface area contributed by atoms with Crippen LogP contribution in [0.1, 0.15) is 12.5 Å². The van der Waals surface area contributed by atoms with Crippen LogP contribution in [-0.4, -0.2) is 19.1 Å². The van der Waals surface area contributed by atoms with Crippen molar-refractivity contribution < 1.29 is 9.53 Å². The van der Waals surface area contributed by atoms with Gasteiger partial charge in [0.15, 0.2) is 0 Å². The van der Waals surface area contributed by atoms with Gasteiger partial charge in [0.2, 0.25) is 0 Å². The van der Waals surface area contributed by atoms with Crippen molar-refractivity contribution in [2.45, 2.75) is 13.3 Å². The molecular formula is C20H20ClN3O2. The van der Waals surface area contributed by atoms with E-state index in [4.69, 9.17) is 16.3 Å². The Morgan fingerprint density at radius 1 is 1.27 bits per heavy atom. The predicted molar refractivity (Wildman–Crippen MR) is 103 cm³/mol. The molecule has 26 heavy (non-hydrogen) atoms. The summed E-state index contributed by atoms with van der Waals surface area (Å²) in [5.74, 6) is 0.260. The second kappa shape index (κ2) is 10.1. The van der Waals surface area contributed by atoms with Crippen molar-refractivity contribution in [3.8, 4) is 11.8 Å². The van der Waals surface area contributed by atoms with Crippen molar-refractivity contribution in [1.29, 1.82) is 5.26 Å². The van der Waals surface area contributed by atoms with Crippen molar-refractivity contribution in [2.75, 3.05) is 18.5 Å². The second-order valence-corrected chi connectivity index (χ2v) is 5.85. The van der Waals surface area contributed by atoms with E-state index >= 15 is 0 Å². The summed E-state index contributed by atoms with van der Waals surface area (Å²) in [7, 11) is 0.